The number of aryl methyl sites for hydroxylation is 1. The summed E-state index contributed by atoms with van der Waals surface area (Å²) in [7, 11) is 0. The molecule has 62 valence electrons. The predicted octanol–water partition coefficient (Wildman–Crippen LogP) is 2.30. The lowest BCUT2D eigenvalue weighted by Crippen LogP contribution is -1.95. The van der Waals surface area contributed by atoms with Gasteiger partial charge in [-0.15, -0.1) is 11.3 Å². The molecular formula is C9H10N2S. The Morgan fingerprint density at radius 3 is 3.08 bits per heavy atom. The lowest BCUT2D eigenvalue weighted by atomic mass is 10.3. The van der Waals surface area contributed by atoms with Gasteiger partial charge in [-0.3, -0.25) is 0 Å². The molecule has 2 nitrogen and oxygen atoms in total. The standard InChI is InChI=1S/C9H10N2S/c1-8-9(2-5-12-8)6-11-4-3-10-7-11/h2-5,7H,6H2,1H3. The Bertz CT molecular complexity index is 348. The van der Waals surface area contributed by atoms with Crippen molar-refractivity contribution >= 4 is 11.3 Å². The van der Waals surface area contributed by atoms with E-state index in [4.69, 9.17) is 0 Å². The first-order chi connectivity index (χ1) is 5.86. The molecule has 2 rings (SSSR count). The lowest BCUT2D eigenvalue weighted by Gasteiger charge is -1.99. The van der Waals surface area contributed by atoms with Crippen LogP contribution in [0.4, 0.5) is 0 Å². The fraction of sp³-hybridized carbons (Fsp3) is 0.222. The van der Waals surface area contributed by atoms with Crippen molar-refractivity contribution < 1.29 is 0 Å². The number of aromatic nitrogens is 2. The number of nitrogens with zero attached hydrogens (tertiary/aromatic N) is 2. The summed E-state index contributed by atoms with van der Waals surface area (Å²) in [5, 5.41) is 2.13. The maximum Gasteiger partial charge on any atom is 0.0949 e. The molecule has 0 atom stereocenters. The second kappa shape index (κ2) is 3.11. The highest BCUT2D eigenvalue weighted by molar-refractivity contribution is 7.10. The highest BCUT2D eigenvalue weighted by Gasteiger charge is 1.98. The van der Waals surface area contributed by atoms with Crippen LogP contribution in [0, 0.1) is 6.92 Å². The molecule has 0 aliphatic heterocycles. The molecule has 12 heavy (non-hydrogen) atoms. The molecule has 3 heteroatoms. The molecule has 2 aromatic rings. The monoisotopic (exact) mass is 178 g/mol. The van der Waals surface area contributed by atoms with E-state index in [2.05, 4.69) is 27.9 Å². The van der Waals surface area contributed by atoms with Crippen LogP contribution in [0.3, 0.4) is 0 Å². The Labute approximate surface area is 75.5 Å². The Hall–Kier alpha value is -1.09. The van der Waals surface area contributed by atoms with Crippen LogP contribution in [0.2, 0.25) is 0 Å². The molecule has 0 aromatic carbocycles. The number of imidazole rings is 1. The van der Waals surface area contributed by atoms with Crippen LogP contribution >= 0.6 is 11.3 Å². The second-order valence-corrected chi connectivity index (χ2v) is 3.86. The molecule has 0 bridgehead atoms. The third kappa shape index (κ3) is 1.41. The van der Waals surface area contributed by atoms with Crippen molar-refractivity contribution in [3.8, 4) is 0 Å². The predicted molar refractivity (Wildman–Crippen MR) is 50.4 cm³/mol. The van der Waals surface area contributed by atoms with Gasteiger partial charge in [0.1, 0.15) is 0 Å². The third-order valence-corrected chi connectivity index (χ3v) is 2.77. The maximum absolute atomic E-state index is 4.00. The van der Waals surface area contributed by atoms with Gasteiger partial charge in [0.2, 0.25) is 0 Å². The molecule has 0 aliphatic rings. The summed E-state index contributed by atoms with van der Waals surface area (Å²) in [6, 6.07) is 2.17. The molecule has 2 heterocycles. The van der Waals surface area contributed by atoms with E-state index in [0.29, 0.717) is 0 Å². The van der Waals surface area contributed by atoms with Crippen LogP contribution in [0.25, 0.3) is 0 Å². The SMILES string of the molecule is Cc1sccc1Cn1ccnc1. The van der Waals surface area contributed by atoms with E-state index >= 15 is 0 Å². The lowest BCUT2D eigenvalue weighted by molar-refractivity contribution is 0.796. The minimum Gasteiger partial charge on any atom is -0.333 e. The van der Waals surface area contributed by atoms with Crippen molar-refractivity contribution in [3.63, 3.8) is 0 Å². The van der Waals surface area contributed by atoms with Crippen molar-refractivity contribution in [1.29, 1.82) is 0 Å². The van der Waals surface area contributed by atoms with E-state index < -0.39 is 0 Å². The van der Waals surface area contributed by atoms with Crippen LogP contribution in [0.5, 0.6) is 0 Å². The number of thiophene rings is 1. The van der Waals surface area contributed by atoms with Gasteiger partial charge < -0.3 is 4.57 Å². The van der Waals surface area contributed by atoms with Crippen molar-refractivity contribution in [2.45, 2.75) is 13.5 Å². The third-order valence-electron chi connectivity index (χ3n) is 1.88. The zero-order valence-electron chi connectivity index (χ0n) is 6.90. The molecule has 0 spiro atoms. The largest absolute Gasteiger partial charge is 0.333 e. The fourth-order valence-electron chi connectivity index (χ4n) is 1.15. The molecule has 0 radical (unpaired) electrons. The van der Waals surface area contributed by atoms with Gasteiger partial charge in [-0.2, -0.15) is 0 Å². The van der Waals surface area contributed by atoms with Gasteiger partial charge in [-0.25, -0.2) is 4.98 Å². The van der Waals surface area contributed by atoms with Gasteiger partial charge in [0.05, 0.1) is 6.33 Å². The maximum atomic E-state index is 4.00. The molecule has 0 aliphatic carbocycles. The highest BCUT2D eigenvalue weighted by Crippen LogP contribution is 2.15. The second-order valence-electron chi connectivity index (χ2n) is 2.74. The van der Waals surface area contributed by atoms with Crippen LogP contribution in [-0.4, -0.2) is 9.55 Å². The summed E-state index contributed by atoms with van der Waals surface area (Å²) < 4.78 is 2.08. The van der Waals surface area contributed by atoms with Gasteiger partial charge in [0.25, 0.3) is 0 Å². The minimum atomic E-state index is 0.940. The molecule has 0 amide bonds. The van der Waals surface area contributed by atoms with Crippen molar-refractivity contribution in [2.75, 3.05) is 0 Å². The Kier molecular flexibility index (Phi) is 1.96. The number of hydrogen-bond donors (Lipinski definition) is 0. The van der Waals surface area contributed by atoms with E-state index in [1.807, 2.05) is 18.7 Å². The zero-order chi connectivity index (χ0) is 8.39. The van der Waals surface area contributed by atoms with Crippen LogP contribution in [0.15, 0.2) is 30.2 Å². The van der Waals surface area contributed by atoms with Gasteiger partial charge in [0, 0.05) is 23.8 Å². The molecular weight excluding hydrogens is 168 g/mol. The average molecular weight is 178 g/mol. The molecule has 0 saturated heterocycles. The first kappa shape index (κ1) is 7.55. The van der Waals surface area contributed by atoms with E-state index in [1.54, 1.807) is 11.3 Å². The summed E-state index contributed by atoms with van der Waals surface area (Å²) >= 11 is 1.79. The topological polar surface area (TPSA) is 17.8 Å². The van der Waals surface area contributed by atoms with E-state index in [9.17, 15) is 0 Å². The molecule has 0 N–H and O–H groups in total. The smallest absolute Gasteiger partial charge is 0.0949 e. The van der Waals surface area contributed by atoms with Crippen LogP contribution in [0.1, 0.15) is 10.4 Å². The Morgan fingerprint density at radius 1 is 1.58 bits per heavy atom. The van der Waals surface area contributed by atoms with E-state index in [0.717, 1.165) is 6.54 Å². The normalized spacial score (nSPS) is 10.4. The quantitative estimate of drug-likeness (QED) is 0.690. The van der Waals surface area contributed by atoms with Gasteiger partial charge in [-0.05, 0) is 23.9 Å². The molecule has 0 saturated carbocycles. The van der Waals surface area contributed by atoms with E-state index in [-0.39, 0.29) is 0 Å². The van der Waals surface area contributed by atoms with Crippen molar-refractivity contribution in [3.05, 3.63) is 40.6 Å². The van der Waals surface area contributed by atoms with Gasteiger partial charge >= 0.3 is 0 Å². The first-order valence-electron chi connectivity index (χ1n) is 3.85. The number of rotatable bonds is 2. The summed E-state index contributed by atoms with van der Waals surface area (Å²) in [5.74, 6) is 0. The van der Waals surface area contributed by atoms with Crippen LogP contribution in [-0.2, 0) is 6.54 Å². The summed E-state index contributed by atoms with van der Waals surface area (Å²) in [4.78, 5) is 5.39. The summed E-state index contributed by atoms with van der Waals surface area (Å²) in [5.41, 5.74) is 1.39. The minimum absolute atomic E-state index is 0.940. The van der Waals surface area contributed by atoms with E-state index in [1.165, 1.54) is 10.4 Å². The van der Waals surface area contributed by atoms with Crippen molar-refractivity contribution in [1.82, 2.24) is 9.55 Å². The molecule has 0 unspecified atom stereocenters. The van der Waals surface area contributed by atoms with Crippen molar-refractivity contribution in [2.24, 2.45) is 0 Å². The average Bonchev–Trinajstić information content (AvgIpc) is 2.65. The Morgan fingerprint density at radius 2 is 2.50 bits per heavy atom. The molecule has 2 aromatic heterocycles. The van der Waals surface area contributed by atoms with Gasteiger partial charge in [0.15, 0.2) is 0 Å². The van der Waals surface area contributed by atoms with Crippen LogP contribution < -0.4 is 0 Å². The first-order valence-corrected chi connectivity index (χ1v) is 4.73. The highest BCUT2D eigenvalue weighted by atomic mass is 32.1. The number of hydrogen-bond acceptors (Lipinski definition) is 2. The summed E-state index contributed by atoms with van der Waals surface area (Å²) in [6.07, 6.45) is 5.63. The molecule has 0 fully saturated rings. The van der Waals surface area contributed by atoms with Gasteiger partial charge in [-0.1, -0.05) is 0 Å². The Balaban J connectivity index is 2.20. The summed E-state index contributed by atoms with van der Waals surface area (Å²) in [6.45, 7) is 3.09. The zero-order valence-corrected chi connectivity index (χ0v) is 7.71. The fourth-order valence-corrected chi connectivity index (χ4v) is 1.87.